The maximum atomic E-state index is 12.6. The van der Waals surface area contributed by atoms with Gasteiger partial charge in [0.05, 0.1) is 23.8 Å². The maximum absolute atomic E-state index is 12.6. The Kier molecular flexibility index (Phi) is 4.31. The molecule has 7 heteroatoms. The number of methoxy groups -OCH3 is 1. The molecule has 0 aliphatic rings. The van der Waals surface area contributed by atoms with Gasteiger partial charge in [-0.2, -0.15) is 13.2 Å². The Bertz CT molecular complexity index is 941. The highest BCUT2D eigenvalue weighted by molar-refractivity contribution is 6.02. The molecule has 0 amide bonds. The summed E-state index contributed by atoms with van der Waals surface area (Å²) in [6, 6.07) is 9.88. The largest absolute Gasteiger partial charge is 0.465 e. The Hall–Kier alpha value is -3.09. The third kappa shape index (κ3) is 3.55. The van der Waals surface area contributed by atoms with Crippen molar-refractivity contribution in [2.45, 2.75) is 6.18 Å². The summed E-state index contributed by atoms with van der Waals surface area (Å²) in [5, 5.41) is 0. The molecule has 0 aliphatic heterocycles. The smallest absolute Gasteiger partial charge is 0.416 e. The number of benzene rings is 2. The number of carbonyl (C=O) groups excluding carboxylic acids is 1. The predicted octanol–water partition coefficient (Wildman–Crippen LogP) is 4.54. The van der Waals surface area contributed by atoms with Gasteiger partial charge in [-0.1, -0.05) is 24.3 Å². The highest BCUT2D eigenvalue weighted by Gasteiger charge is 2.29. The molecule has 3 aromatic rings. The van der Waals surface area contributed by atoms with E-state index in [1.54, 1.807) is 30.4 Å². The van der Waals surface area contributed by atoms with Crippen molar-refractivity contribution in [3.05, 3.63) is 65.0 Å². The Morgan fingerprint density at radius 3 is 2.48 bits per heavy atom. The normalized spacial score (nSPS) is 12.0. The monoisotopic (exact) mass is 346 g/mol. The molecule has 0 aliphatic carbocycles. The van der Waals surface area contributed by atoms with Crippen LogP contribution in [-0.2, 0) is 10.9 Å². The van der Waals surface area contributed by atoms with Crippen LogP contribution in [0.3, 0.4) is 0 Å². The van der Waals surface area contributed by atoms with Crippen LogP contribution in [0, 0.1) is 0 Å². The average Bonchev–Trinajstić information content (AvgIpc) is 3.02. The van der Waals surface area contributed by atoms with Crippen molar-refractivity contribution in [1.82, 2.24) is 9.97 Å². The molecule has 4 nitrogen and oxygen atoms in total. The van der Waals surface area contributed by atoms with Gasteiger partial charge in [-0.05, 0) is 35.9 Å². The maximum Gasteiger partial charge on any atom is 0.416 e. The molecule has 0 saturated carbocycles. The number of fused-ring (bicyclic) bond motifs is 1. The van der Waals surface area contributed by atoms with Crippen LogP contribution in [-0.4, -0.2) is 23.0 Å². The van der Waals surface area contributed by atoms with Gasteiger partial charge in [-0.25, -0.2) is 9.78 Å². The van der Waals surface area contributed by atoms with Gasteiger partial charge in [0.15, 0.2) is 0 Å². The first kappa shape index (κ1) is 16.8. The number of alkyl halides is 3. The van der Waals surface area contributed by atoms with Crippen molar-refractivity contribution in [2.24, 2.45) is 0 Å². The molecule has 128 valence electrons. The molecule has 0 saturated heterocycles. The standard InChI is InChI=1S/C18H13F3N2O2/c1-25-17(24)13-3-2-4-14-16(13)23-15(22-14)10-7-11-5-8-12(9-6-11)18(19,20)21/h2-10H,1H3,(H,22,23). The zero-order valence-electron chi connectivity index (χ0n) is 13.1. The van der Waals surface area contributed by atoms with Crippen molar-refractivity contribution in [1.29, 1.82) is 0 Å². The summed E-state index contributed by atoms with van der Waals surface area (Å²) in [5.74, 6) is -0.0124. The molecule has 0 atom stereocenters. The number of halogens is 3. The SMILES string of the molecule is COC(=O)c1cccc2[nH]c(C=Cc3ccc(C(F)(F)F)cc3)nc12. The lowest BCUT2D eigenvalue weighted by atomic mass is 10.1. The topological polar surface area (TPSA) is 55.0 Å². The molecule has 1 heterocycles. The molecule has 25 heavy (non-hydrogen) atoms. The van der Waals surface area contributed by atoms with Crippen LogP contribution in [0.5, 0.6) is 0 Å². The summed E-state index contributed by atoms with van der Waals surface area (Å²) in [7, 11) is 1.29. The number of hydrogen-bond donors (Lipinski definition) is 1. The zero-order chi connectivity index (χ0) is 18.0. The Balaban J connectivity index is 1.88. The fourth-order valence-electron chi connectivity index (χ4n) is 2.36. The third-order valence-electron chi connectivity index (χ3n) is 3.61. The van der Waals surface area contributed by atoms with Gasteiger partial charge >= 0.3 is 12.1 Å². The van der Waals surface area contributed by atoms with Crippen molar-refractivity contribution in [2.75, 3.05) is 7.11 Å². The number of H-pyrrole nitrogens is 1. The number of imidazole rings is 1. The van der Waals surface area contributed by atoms with Crippen molar-refractivity contribution in [3.63, 3.8) is 0 Å². The number of aromatic nitrogens is 2. The first-order chi connectivity index (χ1) is 11.9. The van der Waals surface area contributed by atoms with Crippen LogP contribution in [0.1, 0.15) is 27.3 Å². The summed E-state index contributed by atoms with van der Waals surface area (Å²) in [5.41, 5.74) is 1.37. The minimum atomic E-state index is -4.36. The van der Waals surface area contributed by atoms with Crippen LogP contribution in [0.25, 0.3) is 23.2 Å². The van der Waals surface area contributed by atoms with E-state index in [9.17, 15) is 18.0 Å². The summed E-state index contributed by atoms with van der Waals surface area (Å²) >= 11 is 0. The fourth-order valence-corrected chi connectivity index (χ4v) is 2.36. The summed E-state index contributed by atoms with van der Waals surface area (Å²) < 4.78 is 42.4. The van der Waals surface area contributed by atoms with Crippen LogP contribution < -0.4 is 0 Å². The number of esters is 1. The number of carbonyl (C=O) groups is 1. The first-order valence-electron chi connectivity index (χ1n) is 7.31. The minimum Gasteiger partial charge on any atom is -0.465 e. The number of hydrogen-bond acceptors (Lipinski definition) is 3. The molecule has 0 fully saturated rings. The van der Waals surface area contributed by atoms with Crippen LogP contribution >= 0.6 is 0 Å². The van der Waals surface area contributed by atoms with E-state index in [2.05, 4.69) is 9.97 Å². The molecule has 1 aromatic heterocycles. The second-order valence-electron chi connectivity index (χ2n) is 5.27. The highest BCUT2D eigenvalue weighted by Crippen LogP contribution is 2.29. The molecule has 0 spiro atoms. The van der Waals surface area contributed by atoms with Gasteiger partial charge < -0.3 is 9.72 Å². The molecular weight excluding hydrogens is 333 g/mol. The minimum absolute atomic E-state index is 0.338. The molecule has 1 N–H and O–H groups in total. The first-order valence-corrected chi connectivity index (χ1v) is 7.31. The highest BCUT2D eigenvalue weighted by atomic mass is 19.4. The number of rotatable bonds is 3. The van der Waals surface area contributed by atoms with E-state index in [1.165, 1.54) is 19.2 Å². The zero-order valence-corrected chi connectivity index (χ0v) is 13.1. The molecule has 0 radical (unpaired) electrons. The van der Waals surface area contributed by atoms with E-state index >= 15 is 0 Å². The van der Waals surface area contributed by atoms with Gasteiger partial charge in [0, 0.05) is 0 Å². The number of ether oxygens (including phenoxy) is 1. The predicted molar refractivity (Wildman–Crippen MR) is 87.8 cm³/mol. The number of aromatic amines is 1. The number of nitrogens with zero attached hydrogens (tertiary/aromatic N) is 1. The second kappa shape index (κ2) is 6.43. The van der Waals surface area contributed by atoms with Crippen molar-refractivity contribution >= 4 is 29.2 Å². The lowest BCUT2D eigenvalue weighted by Crippen LogP contribution is -2.03. The van der Waals surface area contributed by atoms with E-state index in [0.717, 1.165) is 12.1 Å². The summed E-state index contributed by atoms with van der Waals surface area (Å²) in [4.78, 5) is 19.1. The van der Waals surface area contributed by atoms with E-state index in [0.29, 0.717) is 28.0 Å². The molecule has 0 bridgehead atoms. The molecule has 0 unspecified atom stereocenters. The van der Waals surface area contributed by atoms with E-state index in [4.69, 9.17) is 4.74 Å². The van der Waals surface area contributed by atoms with Crippen molar-refractivity contribution in [3.8, 4) is 0 Å². The van der Waals surface area contributed by atoms with Crippen molar-refractivity contribution < 1.29 is 22.7 Å². The number of nitrogens with one attached hydrogen (secondary N) is 1. The quantitative estimate of drug-likeness (QED) is 0.709. The Labute approximate surface area is 141 Å². The van der Waals surface area contributed by atoms with Crippen LogP contribution in [0.2, 0.25) is 0 Å². The third-order valence-corrected chi connectivity index (χ3v) is 3.61. The molecule has 3 rings (SSSR count). The lowest BCUT2D eigenvalue weighted by Gasteiger charge is -2.05. The second-order valence-corrected chi connectivity index (χ2v) is 5.27. The summed E-state index contributed by atoms with van der Waals surface area (Å²) in [6.07, 6.45) is -1.09. The summed E-state index contributed by atoms with van der Waals surface area (Å²) in [6.45, 7) is 0. The Morgan fingerprint density at radius 1 is 1.12 bits per heavy atom. The van der Waals surface area contributed by atoms with Crippen LogP contribution in [0.15, 0.2) is 42.5 Å². The van der Waals surface area contributed by atoms with E-state index in [1.807, 2.05) is 0 Å². The van der Waals surface area contributed by atoms with Gasteiger partial charge in [-0.3, -0.25) is 0 Å². The van der Waals surface area contributed by atoms with Crippen LogP contribution in [0.4, 0.5) is 13.2 Å². The van der Waals surface area contributed by atoms with E-state index in [-0.39, 0.29) is 0 Å². The average molecular weight is 346 g/mol. The molecular formula is C18H13F3N2O2. The van der Waals surface area contributed by atoms with E-state index < -0.39 is 17.7 Å². The van der Waals surface area contributed by atoms with Gasteiger partial charge in [0.1, 0.15) is 11.3 Å². The van der Waals surface area contributed by atoms with Gasteiger partial charge in [0.25, 0.3) is 0 Å². The molecule has 2 aromatic carbocycles. The van der Waals surface area contributed by atoms with Gasteiger partial charge in [0.2, 0.25) is 0 Å². The van der Waals surface area contributed by atoms with Gasteiger partial charge in [-0.15, -0.1) is 0 Å². The Morgan fingerprint density at radius 2 is 1.84 bits per heavy atom. The fraction of sp³-hybridized carbons (Fsp3) is 0.111. The number of para-hydroxylation sites is 1. The lowest BCUT2D eigenvalue weighted by molar-refractivity contribution is -0.137.